The first-order chi connectivity index (χ1) is 10.3. The summed E-state index contributed by atoms with van der Waals surface area (Å²) in [7, 11) is -3.69. The van der Waals surface area contributed by atoms with Gasteiger partial charge in [0, 0.05) is 11.4 Å². The van der Waals surface area contributed by atoms with Crippen LogP contribution >= 0.6 is 0 Å². The highest BCUT2D eigenvalue weighted by Crippen LogP contribution is 2.25. The Morgan fingerprint density at radius 3 is 2.45 bits per heavy atom. The Balaban J connectivity index is 1.99. The Labute approximate surface area is 127 Å². The zero-order valence-corrected chi connectivity index (χ0v) is 12.9. The molecule has 8 heteroatoms. The molecule has 0 bridgehead atoms. The number of primary sulfonamides is 1. The standard InChI is InChI=1S/C14H15N5O2S/c1-8-7-12-13(16-8)17-9(2)18-14(12)19-10-3-5-11(6-4-10)22(15,20)21/h3-7H,1-2H3,(H2,15,20,21)(H2,16,17,18,19). The van der Waals surface area contributed by atoms with Crippen molar-refractivity contribution in [2.24, 2.45) is 5.14 Å². The highest BCUT2D eigenvalue weighted by Gasteiger charge is 2.10. The van der Waals surface area contributed by atoms with Crippen molar-refractivity contribution in [1.82, 2.24) is 15.0 Å². The summed E-state index contributed by atoms with van der Waals surface area (Å²) in [5, 5.41) is 9.13. The highest BCUT2D eigenvalue weighted by molar-refractivity contribution is 7.89. The Morgan fingerprint density at radius 2 is 1.82 bits per heavy atom. The second-order valence-corrected chi connectivity index (χ2v) is 6.59. The van der Waals surface area contributed by atoms with E-state index in [2.05, 4.69) is 20.3 Å². The van der Waals surface area contributed by atoms with Crippen molar-refractivity contribution < 1.29 is 8.42 Å². The summed E-state index contributed by atoms with van der Waals surface area (Å²) in [5.41, 5.74) is 2.46. The van der Waals surface area contributed by atoms with Crippen LogP contribution in [-0.4, -0.2) is 23.4 Å². The molecular formula is C14H15N5O2S. The lowest BCUT2D eigenvalue weighted by Gasteiger charge is -2.08. The molecule has 4 N–H and O–H groups in total. The van der Waals surface area contributed by atoms with E-state index >= 15 is 0 Å². The van der Waals surface area contributed by atoms with Crippen LogP contribution in [0, 0.1) is 13.8 Å². The van der Waals surface area contributed by atoms with Gasteiger partial charge in [0.15, 0.2) is 0 Å². The van der Waals surface area contributed by atoms with E-state index in [1.54, 1.807) is 12.1 Å². The van der Waals surface area contributed by atoms with E-state index < -0.39 is 10.0 Å². The number of nitrogens with two attached hydrogens (primary N) is 1. The lowest BCUT2D eigenvalue weighted by molar-refractivity contribution is 0.598. The molecule has 0 atom stereocenters. The summed E-state index contributed by atoms with van der Waals surface area (Å²) in [4.78, 5) is 12.0. The predicted molar refractivity (Wildman–Crippen MR) is 84.5 cm³/mol. The van der Waals surface area contributed by atoms with E-state index in [-0.39, 0.29) is 4.90 Å². The molecule has 0 saturated carbocycles. The van der Waals surface area contributed by atoms with Gasteiger partial charge in [-0.25, -0.2) is 23.5 Å². The van der Waals surface area contributed by atoms with Gasteiger partial charge in [-0.15, -0.1) is 0 Å². The minimum atomic E-state index is -3.69. The lowest BCUT2D eigenvalue weighted by atomic mass is 10.3. The molecule has 3 aromatic rings. The number of aryl methyl sites for hydroxylation is 2. The van der Waals surface area contributed by atoms with Gasteiger partial charge in [-0.05, 0) is 44.2 Å². The molecule has 0 amide bonds. The van der Waals surface area contributed by atoms with Crippen molar-refractivity contribution in [3.05, 3.63) is 41.9 Å². The van der Waals surface area contributed by atoms with Crippen molar-refractivity contribution in [2.45, 2.75) is 18.7 Å². The van der Waals surface area contributed by atoms with Crippen molar-refractivity contribution in [1.29, 1.82) is 0 Å². The molecule has 0 fully saturated rings. The van der Waals surface area contributed by atoms with Gasteiger partial charge in [-0.1, -0.05) is 0 Å². The number of hydrogen-bond acceptors (Lipinski definition) is 5. The minimum absolute atomic E-state index is 0.0690. The topological polar surface area (TPSA) is 114 Å². The molecule has 0 saturated heterocycles. The van der Waals surface area contributed by atoms with Gasteiger partial charge in [0.25, 0.3) is 0 Å². The molecule has 7 nitrogen and oxygen atoms in total. The SMILES string of the molecule is Cc1nc(Nc2ccc(S(N)(=O)=O)cc2)c2cc(C)[nH]c2n1. The van der Waals surface area contributed by atoms with Gasteiger partial charge in [-0.3, -0.25) is 0 Å². The van der Waals surface area contributed by atoms with Crippen LogP contribution in [-0.2, 0) is 10.0 Å². The zero-order valence-electron chi connectivity index (χ0n) is 12.1. The quantitative estimate of drug-likeness (QED) is 0.683. The number of hydrogen-bond donors (Lipinski definition) is 3. The van der Waals surface area contributed by atoms with E-state index in [0.29, 0.717) is 17.3 Å². The number of nitrogens with one attached hydrogen (secondary N) is 2. The van der Waals surface area contributed by atoms with Gasteiger partial charge < -0.3 is 10.3 Å². The molecule has 1 aromatic carbocycles. The Hall–Kier alpha value is -2.45. The van der Waals surface area contributed by atoms with E-state index in [9.17, 15) is 8.42 Å². The molecule has 0 radical (unpaired) electrons. The third kappa shape index (κ3) is 2.78. The van der Waals surface area contributed by atoms with Crippen LogP contribution in [0.2, 0.25) is 0 Å². The molecule has 22 heavy (non-hydrogen) atoms. The number of anilines is 2. The number of sulfonamides is 1. The first-order valence-corrected chi connectivity index (χ1v) is 8.11. The summed E-state index contributed by atoms with van der Waals surface area (Å²) >= 11 is 0. The molecule has 2 aromatic heterocycles. The van der Waals surface area contributed by atoms with Crippen LogP contribution in [0.25, 0.3) is 11.0 Å². The maximum absolute atomic E-state index is 11.3. The monoisotopic (exact) mass is 317 g/mol. The molecule has 0 aliphatic carbocycles. The van der Waals surface area contributed by atoms with E-state index in [4.69, 9.17) is 5.14 Å². The number of benzene rings is 1. The van der Waals surface area contributed by atoms with Crippen molar-refractivity contribution in [3.8, 4) is 0 Å². The summed E-state index contributed by atoms with van der Waals surface area (Å²) in [6.07, 6.45) is 0. The van der Waals surface area contributed by atoms with E-state index in [1.807, 2.05) is 19.9 Å². The maximum atomic E-state index is 11.3. The smallest absolute Gasteiger partial charge is 0.238 e. The molecule has 3 rings (SSSR count). The van der Waals surface area contributed by atoms with Gasteiger partial charge in [0.1, 0.15) is 17.3 Å². The van der Waals surface area contributed by atoms with E-state index in [0.717, 1.165) is 16.7 Å². The number of aromatic nitrogens is 3. The van der Waals surface area contributed by atoms with Gasteiger partial charge in [0.2, 0.25) is 10.0 Å². The second-order valence-electron chi connectivity index (χ2n) is 5.03. The number of rotatable bonds is 3. The maximum Gasteiger partial charge on any atom is 0.238 e. The van der Waals surface area contributed by atoms with Crippen LogP contribution in [0.5, 0.6) is 0 Å². The van der Waals surface area contributed by atoms with Crippen LogP contribution in [0.15, 0.2) is 35.2 Å². The van der Waals surface area contributed by atoms with E-state index in [1.165, 1.54) is 12.1 Å². The molecule has 0 aliphatic heterocycles. The highest BCUT2D eigenvalue weighted by atomic mass is 32.2. The number of H-pyrrole nitrogens is 1. The van der Waals surface area contributed by atoms with Crippen LogP contribution in [0.1, 0.15) is 11.5 Å². The Bertz CT molecular complexity index is 945. The normalized spacial score (nSPS) is 11.8. The number of fused-ring (bicyclic) bond motifs is 1. The lowest BCUT2D eigenvalue weighted by Crippen LogP contribution is -2.11. The average molecular weight is 317 g/mol. The molecule has 0 unspecified atom stereocenters. The largest absolute Gasteiger partial charge is 0.343 e. The number of nitrogens with zero attached hydrogens (tertiary/aromatic N) is 2. The number of aromatic amines is 1. The van der Waals surface area contributed by atoms with Crippen LogP contribution in [0.3, 0.4) is 0 Å². The first-order valence-electron chi connectivity index (χ1n) is 6.57. The van der Waals surface area contributed by atoms with Gasteiger partial charge >= 0.3 is 0 Å². The zero-order chi connectivity index (χ0) is 15.9. The van der Waals surface area contributed by atoms with Crippen molar-refractivity contribution in [3.63, 3.8) is 0 Å². The summed E-state index contributed by atoms with van der Waals surface area (Å²) < 4.78 is 22.5. The average Bonchev–Trinajstić information content (AvgIpc) is 2.78. The Morgan fingerprint density at radius 1 is 1.14 bits per heavy atom. The summed E-state index contributed by atoms with van der Waals surface area (Å²) in [6.45, 7) is 3.76. The molecule has 0 spiro atoms. The van der Waals surface area contributed by atoms with Gasteiger partial charge in [0.05, 0.1) is 10.3 Å². The fraction of sp³-hybridized carbons (Fsp3) is 0.143. The fourth-order valence-corrected chi connectivity index (χ4v) is 2.73. The second kappa shape index (κ2) is 5.08. The minimum Gasteiger partial charge on any atom is -0.343 e. The van der Waals surface area contributed by atoms with Crippen molar-refractivity contribution >= 4 is 32.6 Å². The Kier molecular flexibility index (Phi) is 3.34. The van der Waals surface area contributed by atoms with Crippen LogP contribution in [0.4, 0.5) is 11.5 Å². The molecular weight excluding hydrogens is 302 g/mol. The van der Waals surface area contributed by atoms with Gasteiger partial charge in [-0.2, -0.15) is 0 Å². The summed E-state index contributed by atoms with van der Waals surface area (Å²) in [6, 6.07) is 8.14. The van der Waals surface area contributed by atoms with Crippen LogP contribution < -0.4 is 10.5 Å². The fourth-order valence-electron chi connectivity index (χ4n) is 2.21. The van der Waals surface area contributed by atoms with Crippen molar-refractivity contribution in [2.75, 3.05) is 5.32 Å². The molecule has 0 aliphatic rings. The summed E-state index contributed by atoms with van der Waals surface area (Å²) in [5.74, 6) is 1.30. The third-order valence-corrected chi connectivity index (χ3v) is 4.11. The predicted octanol–water partition coefficient (Wildman–Crippen LogP) is 1.97. The first kappa shape index (κ1) is 14.5. The third-order valence-electron chi connectivity index (χ3n) is 3.18. The molecule has 114 valence electrons. The molecule has 2 heterocycles.